The molecular weight excluding hydrogens is 238 g/mol. The van der Waals surface area contributed by atoms with Crippen molar-refractivity contribution in [3.8, 4) is 0 Å². The molecule has 98 valence electrons. The molecule has 7 heteroatoms. The van der Waals surface area contributed by atoms with Crippen LogP contribution in [0.15, 0.2) is 24.3 Å². The maximum Gasteiger partial charge on any atom is 0.269 e. The number of anilines is 1. The lowest BCUT2D eigenvalue weighted by Crippen LogP contribution is -2.32. The number of ether oxygens (including phenoxy) is 1. The molecule has 18 heavy (non-hydrogen) atoms. The summed E-state index contributed by atoms with van der Waals surface area (Å²) in [5.41, 5.74) is 0.674. The molecule has 0 aliphatic rings. The number of nitro groups is 1. The normalized spacial score (nSPS) is 9.83. The highest BCUT2D eigenvalue weighted by atomic mass is 16.6. The largest absolute Gasteiger partial charge is 0.383 e. The number of nitro benzene ring substituents is 1. The first-order valence-electron chi connectivity index (χ1n) is 5.37. The van der Waals surface area contributed by atoms with Crippen molar-refractivity contribution in [1.29, 1.82) is 0 Å². The lowest BCUT2D eigenvalue weighted by molar-refractivity contribution is -0.384. The van der Waals surface area contributed by atoms with Crippen molar-refractivity contribution in [1.82, 2.24) is 5.32 Å². The van der Waals surface area contributed by atoms with E-state index in [9.17, 15) is 14.9 Å². The molecule has 1 aromatic rings. The molecule has 0 aromatic heterocycles. The Morgan fingerprint density at radius 2 is 2.06 bits per heavy atom. The Bertz CT molecular complexity index is 405. The number of benzene rings is 1. The summed E-state index contributed by atoms with van der Waals surface area (Å²) in [6.07, 6.45) is 0. The molecule has 7 nitrogen and oxygen atoms in total. The number of nitrogens with zero attached hydrogens (tertiary/aromatic N) is 1. The van der Waals surface area contributed by atoms with Gasteiger partial charge in [0.05, 0.1) is 18.1 Å². The van der Waals surface area contributed by atoms with Crippen molar-refractivity contribution in [2.75, 3.05) is 32.1 Å². The van der Waals surface area contributed by atoms with Crippen LogP contribution in [0.4, 0.5) is 11.4 Å². The molecule has 1 amide bonds. The Kier molecular flexibility index (Phi) is 5.59. The molecule has 0 heterocycles. The van der Waals surface area contributed by atoms with E-state index in [1.165, 1.54) is 12.1 Å². The van der Waals surface area contributed by atoms with E-state index in [0.717, 1.165) is 0 Å². The zero-order valence-corrected chi connectivity index (χ0v) is 10.0. The number of amides is 1. The van der Waals surface area contributed by atoms with Crippen LogP contribution in [-0.4, -0.2) is 37.6 Å². The predicted octanol–water partition coefficient (Wildman–Crippen LogP) is 0.769. The second-order valence-electron chi connectivity index (χ2n) is 3.50. The van der Waals surface area contributed by atoms with Gasteiger partial charge in [0.2, 0.25) is 5.91 Å². The Morgan fingerprint density at radius 1 is 1.39 bits per heavy atom. The van der Waals surface area contributed by atoms with E-state index >= 15 is 0 Å². The number of hydrogen-bond acceptors (Lipinski definition) is 5. The maximum atomic E-state index is 11.3. The fourth-order valence-electron chi connectivity index (χ4n) is 1.24. The van der Waals surface area contributed by atoms with Crippen LogP contribution in [0.2, 0.25) is 0 Å². The van der Waals surface area contributed by atoms with Crippen LogP contribution < -0.4 is 10.6 Å². The highest BCUT2D eigenvalue weighted by Gasteiger charge is 2.04. The molecule has 0 radical (unpaired) electrons. The summed E-state index contributed by atoms with van der Waals surface area (Å²) in [7, 11) is 1.56. The van der Waals surface area contributed by atoms with Crippen LogP contribution in [0.1, 0.15) is 0 Å². The van der Waals surface area contributed by atoms with Gasteiger partial charge in [-0.25, -0.2) is 0 Å². The van der Waals surface area contributed by atoms with Gasteiger partial charge in [0, 0.05) is 31.5 Å². The number of hydrogen-bond donors (Lipinski definition) is 2. The van der Waals surface area contributed by atoms with Gasteiger partial charge in [-0.1, -0.05) is 0 Å². The standard InChI is InChI=1S/C11H15N3O4/c1-18-7-6-12-11(15)8-13-9-2-4-10(5-3-9)14(16)17/h2-5,13H,6-8H2,1H3,(H,12,15). The summed E-state index contributed by atoms with van der Waals surface area (Å²) < 4.78 is 4.79. The van der Waals surface area contributed by atoms with Crippen LogP contribution >= 0.6 is 0 Å². The minimum absolute atomic E-state index is 0.0186. The Balaban J connectivity index is 2.34. The number of carbonyl (C=O) groups is 1. The Labute approximate surface area is 104 Å². The zero-order chi connectivity index (χ0) is 13.4. The summed E-state index contributed by atoms with van der Waals surface area (Å²) in [6, 6.07) is 5.87. The quantitative estimate of drug-likeness (QED) is 0.425. The lowest BCUT2D eigenvalue weighted by atomic mass is 10.3. The van der Waals surface area contributed by atoms with Crippen LogP contribution in [0.3, 0.4) is 0 Å². The average Bonchev–Trinajstić information content (AvgIpc) is 2.37. The van der Waals surface area contributed by atoms with E-state index in [0.29, 0.717) is 18.8 Å². The van der Waals surface area contributed by atoms with Gasteiger partial charge in [0.15, 0.2) is 0 Å². The van der Waals surface area contributed by atoms with Gasteiger partial charge in [-0.3, -0.25) is 14.9 Å². The molecule has 0 bridgehead atoms. The topological polar surface area (TPSA) is 93.5 Å². The fourth-order valence-corrected chi connectivity index (χ4v) is 1.24. The van der Waals surface area contributed by atoms with Crippen LogP contribution in [0.5, 0.6) is 0 Å². The molecule has 0 saturated carbocycles. The summed E-state index contributed by atoms with van der Waals surface area (Å²) in [6.45, 7) is 1.03. The van der Waals surface area contributed by atoms with Gasteiger partial charge in [-0.05, 0) is 12.1 Å². The van der Waals surface area contributed by atoms with E-state index in [1.807, 2.05) is 0 Å². The van der Waals surface area contributed by atoms with Gasteiger partial charge in [-0.2, -0.15) is 0 Å². The molecule has 0 unspecified atom stereocenters. The average molecular weight is 253 g/mol. The van der Waals surface area contributed by atoms with Crippen LogP contribution in [0.25, 0.3) is 0 Å². The van der Waals surface area contributed by atoms with Crippen molar-refractivity contribution in [3.63, 3.8) is 0 Å². The summed E-state index contributed by atoms with van der Waals surface area (Å²) >= 11 is 0. The van der Waals surface area contributed by atoms with Gasteiger partial charge >= 0.3 is 0 Å². The molecule has 0 atom stereocenters. The van der Waals surface area contributed by atoms with E-state index < -0.39 is 4.92 Å². The van der Waals surface area contributed by atoms with Gasteiger partial charge < -0.3 is 15.4 Å². The Morgan fingerprint density at radius 3 is 2.61 bits per heavy atom. The molecule has 1 aromatic carbocycles. The Hall–Kier alpha value is -2.15. The first-order chi connectivity index (χ1) is 8.63. The minimum Gasteiger partial charge on any atom is -0.383 e. The highest BCUT2D eigenvalue weighted by Crippen LogP contribution is 2.14. The molecule has 0 saturated heterocycles. The van der Waals surface area contributed by atoms with E-state index in [1.54, 1.807) is 19.2 Å². The number of rotatable bonds is 7. The second kappa shape index (κ2) is 7.23. The van der Waals surface area contributed by atoms with E-state index in [4.69, 9.17) is 4.74 Å². The number of methoxy groups -OCH3 is 1. The highest BCUT2D eigenvalue weighted by molar-refractivity contribution is 5.80. The molecule has 1 rings (SSSR count). The third kappa shape index (κ3) is 4.79. The van der Waals surface area contributed by atoms with Crippen molar-refractivity contribution >= 4 is 17.3 Å². The number of nitrogens with one attached hydrogen (secondary N) is 2. The monoisotopic (exact) mass is 253 g/mol. The van der Waals surface area contributed by atoms with Gasteiger partial charge in [-0.15, -0.1) is 0 Å². The molecule has 0 fully saturated rings. The van der Waals surface area contributed by atoms with Crippen molar-refractivity contribution in [2.24, 2.45) is 0 Å². The first kappa shape index (κ1) is 13.9. The second-order valence-corrected chi connectivity index (χ2v) is 3.50. The molecule has 2 N–H and O–H groups in total. The predicted molar refractivity (Wildman–Crippen MR) is 66.5 cm³/mol. The van der Waals surface area contributed by atoms with Crippen LogP contribution in [-0.2, 0) is 9.53 Å². The van der Waals surface area contributed by atoms with Crippen molar-refractivity contribution < 1.29 is 14.5 Å². The maximum absolute atomic E-state index is 11.3. The fraction of sp³-hybridized carbons (Fsp3) is 0.364. The SMILES string of the molecule is COCCNC(=O)CNc1ccc([N+](=O)[O-])cc1. The summed E-state index contributed by atoms with van der Waals surface area (Å²) in [5.74, 6) is -0.162. The third-order valence-electron chi connectivity index (χ3n) is 2.16. The summed E-state index contributed by atoms with van der Waals surface area (Å²) in [4.78, 5) is 21.3. The molecule has 0 aliphatic carbocycles. The van der Waals surface area contributed by atoms with Gasteiger partial charge in [0.25, 0.3) is 5.69 Å². The molecule has 0 spiro atoms. The number of carbonyl (C=O) groups excluding carboxylic acids is 1. The van der Waals surface area contributed by atoms with Crippen molar-refractivity contribution in [2.45, 2.75) is 0 Å². The smallest absolute Gasteiger partial charge is 0.269 e. The molecule has 0 aliphatic heterocycles. The zero-order valence-electron chi connectivity index (χ0n) is 10.0. The van der Waals surface area contributed by atoms with Gasteiger partial charge in [0.1, 0.15) is 0 Å². The van der Waals surface area contributed by atoms with Crippen molar-refractivity contribution in [3.05, 3.63) is 34.4 Å². The van der Waals surface area contributed by atoms with E-state index in [2.05, 4.69) is 10.6 Å². The molecular formula is C11H15N3O4. The lowest BCUT2D eigenvalue weighted by Gasteiger charge is -2.07. The first-order valence-corrected chi connectivity index (χ1v) is 5.37. The summed E-state index contributed by atoms with van der Waals surface area (Å²) in [5, 5.41) is 15.9. The van der Waals surface area contributed by atoms with E-state index in [-0.39, 0.29) is 18.1 Å². The van der Waals surface area contributed by atoms with Crippen LogP contribution in [0, 0.1) is 10.1 Å². The number of non-ortho nitro benzene ring substituents is 1. The minimum atomic E-state index is -0.471. The third-order valence-corrected chi connectivity index (χ3v) is 2.16.